The van der Waals surface area contributed by atoms with Gasteiger partial charge in [0, 0.05) is 19.5 Å². The molecule has 0 aromatic rings. The quantitative estimate of drug-likeness (QED) is 0.792. The van der Waals surface area contributed by atoms with Crippen molar-refractivity contribution in [2.75, 3.05) is 33.4 Å². The molecule has 0 amide bonds. The van der Waals surface area contributed by atoms with Gasteiger partial charge < -0.3 is 14.7 Å². The van der Waals surface area contributed by atoms with Gasteiger partial charge in [-0.2, -0.15) is 0 Å². The van der Waals surface area contributed by atoms with Crippen molar-refractivity contribution < 1.29 is 14.6 Å². The molecular formula is C13H23NO3. The van der Waals surface area contributed by atoms with Crippen molar-refractivity contribution >= 4 is 5.78 Å². The highest BCUT2D eigenvalue weighted by Crippen LogP contribution is 2.30. The topological polar surface area (TPSA) is 49.8 Å². The number of ether oxygens (including phenoxy) is 1. The van der Waals surface area contributed by atoms with Crippen LogP contribution in [0.1, 0.15) is 32.1 Å². The van der Waals surface area contributed by atoms with E-state index in [0.717, 1.165) is 25.7 Å². The molecule has 1 atom stereocenters. The van der Waals surface area contributed by atoms with Crippen molar-refractivity contribution in [3.63, 3.8) is 0 Å². The second kappa shape index (κ2) is 5.46. The molecular weight excluding hydrogens is 218 g/mol. The highest BCUT2D eigenvalue weighted by Gasteiger charge is 2.33. The van der Waals surface area contributed by atoms with Crippen molar-refractivity contribution in [1.82, 2.24) is 4.90 Å². The van der Waals surface area contributed by atoms with Gasteiger partial charge in [-0.25, -0.2) is 0 Å². The van der Waals surface area contributed by atoms with E-state index in [0.29, 0.717) is 38.5 Å². The van der Waals surface area contributed by atoms with Crippen molar-refractivity contribution in [3.8, 4) is 0 Å². The summed E-state index contributed by atoms with van der Waals surface area (Å²) in [5.41, 5.74) is -0.521. The Morgan fingerprint density at radius 1 is 1.47 bits per heavy atom. The van der Waals surface area contributed by atoms with Crippen LogP contribution in [0, 0.1) is 5.92 Å². The van der Waals surface area contributed by atoms with Crippen LogP contribution in [-0.4, -0.2) is 54.7 Å². The Bertz CT molecular complexity index is 274. The number of Topliss-reactive ketones (excluding diaryl/α,β-unsaturated/α-hetero) is 1. The number of carbonyl (C=O) groups is 1. The molecule has 4 heteroatoms. The van der Waals surface area contributed by atoms with E-state index in [1.54, 1.807) is 0 Å². The average Bonchev–Trinajstić information content (AvgIpc) is 2.68. The number of carbonyl (C=O) groups excluding carboxylic acids is 1. The van der Waals surface area contributed by atoms with Gasteiger partial charge in [-0.3, -0.25) is 4.79 Å². The molecule has 98 valence electrons. The molecule has 0 aromatic heterocycles. The lowest BCUT2D eigenvalue weighted by Crippen LogP contribution is -2.44. The summed E-state index contributed by atoms with van der Waals surface area (Å²) in [5.74, 6) is 0.306. The van der Waals surface area contributed by atoms with Crippen LogP contribution >= 0.6 is 0 Å². The number of hydrogen-bond acceptors (Lipinski definition) is 4. The zero-order chi connectivity index (χ0) is 12.3. The lowest BCUT2D eigenvalue weighted by molar-refractivity contribution is -0.131. The summed E-state index contributed by atoms with van der Waals surface area (Å²) < 4.78 is 5.34. The summed E-state index contributed by atoms with van der Waals surface area (Å²) in [7, 11) is 1.98. The average molecular weight is 241 g/mol. The van der Waals surface area contributed by atoms with E-state index in [2.05, 4.69) is 4.90 Å². The van der Waals surface area contributed by atoms with E-state index in [1.807, 2.05) is 7.05 Å². The van der Waals surface area contributed by atoms with E-state index in [9.17, 15) is 9.90 Å². The minimum absolute atomic E-state index is 0.00115. The highest BCUT2D eigenvalue weighted by atomic mass is 16.5. The van der Waals surface area contributed by atoms with Crippen molar-refractivity contribution in [1.29, 1.82) is 0 Å². The molecule has 2 rings (SSSR count). The minimum Gasteiger partial charge on any atom is -0.389 e. The van der Waals surface area contributed by atoms with Crippen molar-refractivity contribution in [2.45, 2.75) is 37.7 Å². The monoisotopic (exact) mass is 241 g/mol. The van der Waals surface area contributed by atoms with Gasteiger partial charge in [-0.05, 0) is 19.9 Å². The van der Waals surface area contributed by atoms with Crippen LogP contribution in [0.25, 0.3) is 0 Å². The second-order valence-corrected chi connectivity index (χ2v) is 5.62. The van der Waals surface area contributed by atoms with Gasteiger partial charge in [0.1, 0.15) is 5.78 Å². The SMILES string of the molecule is CN(CC1COCCC1=O)CC1(O)CCCC1. The maximum Gasteiger partial charge on any atom is 0.141 e. The third-order valence-corrected chi connectivity index (χ3v) is 3.90. The first-order chi connectivity index (χ1) is 8.09. The second-order valence-electron chi connectivity index (χ2n) is 5.62. The van der Waals surface area contributed by atoms with Crippen LogP contribution in [0.2, 0.25) is 0 Å². The molecule has 1 aliphatic carbocycles. The lowest BCUT2D eigenvalue weighted by Gasteiger charge is -2.31. The zero-order valence-corrected chi connectivity index (χ0v) is 10.7. The van der Waals surface area contributed by atoms with Gasteiger partial charge in [0.15, 0.2) is 0 Å². The Morgan fingerprint density at radius 3 is 2.82 bits per heavy atom. The third kappa shape index (κ3) is 3.50. The summed E-state index contributed by atoms with van der Waals surface area (Å²) in [5, 5.41) is 10.3. The first kappa shape index (κ1) is 13.0. The predicted octanol–water partition coefficient (Wildman–Crippen LogP) is 0.829. The number of aliphatic hydroxyl groups is 1. The Morgan fingerprint density at radius 2 is 2.18 bits per heavy atom. The number of ketones is 1. The van der Waals surface area contributed by atoms with Gasteiger partial charge in [-0.1, -0.05) is 12.8 Å². The Balaban J connectivity index is 1.79. The van der Waals surface area contributed by atoms with Gasteiger partial charge in [0.25, 0.3) is 0 Å². The summed E-state index contributed by atoms with van der Waals surface area (Å²) >= 11 is 0. The van der Waals surface area contributed by atoms with E-state index < -0.39 is 5.60 Å². The molecule has 1 saturated carbocycles. The van der Waals surface area contributed by atoms with Crippen LogP contribution < -0.4 is 0 Å². The third-order valence-electron chi connectivity index (χ3n) is 3.90. The lowest BCUT2D eigenvalue weighted by atomic mass is 9.98. The fraction of sp³-hybridized carbons (Fsp3) is 0.923. The number of rotatable bonds is 4. The molecule has 2 fully saturated rings. The minimum atomic E-state index is -0.521. The van der Waals surface area contributed by atoms with Crippen molar-refractivity contribution in [3.05, 3.63) is 0 Å². The molecule has 0 bridgehead atoms. The molecule has 1 N–H and O–H groups in total. The van der Waals surface area contributed by atoms with E-state index in [4.69, 9.17) is 4.74 Å². The fourth-order valence-corrected chi connectivity index (χ4v) is 2.98. The van der Waals surface area contributed by atoms with Crippen LogP contribution in [0.5, 0.6) is 0 Å². The van der Waals surface area contributed by atoms with Crippen LogP contribution in [0.4, 0.5) is 0 Å². The van der Waals surface area contributed by atoms with Crippen molar-refractivity contribution in [2.24, 2.45) is 5.92 Å². The van der Waals surface area contributed by atoms with Gasteiger partial charge in [0.05, 0.1) is 24.7 Å². The molecule has 17 heavy (non-hydrogen) atoms. The Kier molecular flexibility index (Phi) is 4.17. The molecule has 4 nitrogen and oxygen atoms in total. The molecule has 1 saturated heterocycles. The van der Waals surface area contributed by atoms with Gasteiger partial charge in [0.2, 0.25) is 0 Å². The van der Waals surface area contributed by atoms with Crippen LogP contribution in [0.3, 0.4) is 0 Å². The largest absolute Gasteiger partial charge is 0.389 e. The molecule has 0 radical (unpaired) electrons. The molecule has 1 heterocycles. The first-order valence-electron chi connectivity index (χ1n) is 6.60. The normalized spacial score (nSPS) is 28.9. The van der Waals surface area contributed by atoms with Crippen LogP contribution in [0.15, 0.2) is 0 Å². The van der Waals surface area contributed by atoms with E-state index in [-0.39, 0.29) is 5.92 Å². The summed E-state index contributed by atoms with van der Waals surface area (Å²) in [6.45, 7) is 2.50. The van der Waals surface area contributed by atoms with E-state index in [1.165, 1.54) is 0 Å². The maximum absolute atomic E-state index is 11.7. The highest BCUT2D eigenvalue weighted by molar-refractivity contribution is 5.82. The molecule has 2 aliphatic rings. The smallest absolute Gasteiger partial charge is 0.141 e. The first-order valence-corrected chi connectivity index (χ1v) is 6.60. The van der Waals surface area contributed by atoms with Gasteiger partial charge >= 0.3 is 0 Å². The molecule has 0 aromatic carbocycles. The van der Waals surface area contributed by atoms with Crippen LogP contribution in [-0.2, 0) is 9.53 Å². The molecule has 1 unspecified atom stereocenters. The predicted molar refractivity (Wildman–Crippen MR) is 64.8 cm³/mol. The molecule has 0 spiro atoms. The Labute approximate surface area is 103 Å². The molecule has 1 aliphatic heterocycles. The maximum atomic E-state index is 11.7. The number of nitrogens with zero attached hydrogens (tertiary/aromatic N) is 1. The van der Waals surface area contributed by atoms with Gasteiger partial charge in [-0.15, -0.1) is 0 Å². The summed E-state index contributed by atoms with van der Waals surface area (Å²) in [4.78, 5) is 13.8. The Hall–Kier alpha value is -0.450. The summed E-state index contributed by atoms with van der Waals surface area (Å²) in [6, 6.07) is 0. The number of likely N-dealkylation sites (N-methyl/N-ethyl adjacent to an activating group) is 1. The fourth-order valence-electron chi connectivity index (χ4n) is 2.98. The zero-order valence-electron chi connectivity index (χ0n) is 10.7. The van der Waals surface area contributed by atoms with E-state index >= 15 is 0 Å². The standard InChI is InChI=1S/C13H23NO3/c1-14(10-13(16)5-2-3-6-13)8-11-9-17-7-4-12(11)15/h11,16H,2-10H2,1H3. The summed E-state index contributed by atoms with van der Waals surface area (Å²) in [6.07, 6.45) is 4.58. The number of hydrogen-bond donors (Lipinski definition) is 1.